The molecule has 1 atom stereocenters. The lowest BCUT2D eigenvalue weighted by Crippen LogP contribution is -2.34. The second-order valence-electron chi connectivity index (χ2n) is 3.52. The number of anilines is 1. The van der Waals surface area contributed by atoms with Crippen LogP contribution in [0.25, 0.3) is 0 Å². The molecule has 0 radical (unpaired) electrons. The van der Waals surface area contributed by atoms with Crippen molar-refractivity contribution in [3.63, 3.8) is 0 Å². The number of amides is 1. The van der Waals surface area contributed by atoms with Gasteiger partial charge in [-0.05, 0) is 37.1 Å². The zero-order valence-electron chi connectivity index (χ0n) is 9.29. The van der Waals surface area contributed by atoms with E-state index in [1.807, 2.05) is 6.92 Å². The molecule has 0 unspecified atom stereocenters. The summed E-state index contributed by atoms with van der Waals surface area (Å²) in [6.45, 7) is 3.58. The fourth-order valence-electron chi connectivity index (χ4n) is 1.23. The van der Waals surface area contributed by atoms with Crippen LogP contribution in [0.3, 0.4) is 0 Å². The number of nitrogens with two attached hydrogens (primary N) is 1. The Bertz CT molecular complexity index is 351. The number of rotatable bonds is 3. The lowest BCUT2D eigenvalue weighted by atomic mass is 10.2. The molecule has 0 aliphatic rings. The molecule has 0 saturated carbocycles. The van der Waals surface area contributed by atoms with Gasteiger partial charge in [0.2, 0.25) is 5.91 Å². The smallest absolute Gasteiger partial charge is 0.241 e. The second kappa shape index (κ2) is 6.45. The zero-order chi connectivity index (χ0) is 11.4. The second-order valence-corrected chi connectivity index (χ2v) is 3.52. The van der Waals surface area contributed by atoms with Crippen LogP contribution in [0, 0.1) is 12.7 Å². The minimum atomic E-state index is -0.548. The maximum Gasteiger partial charge on any atom is 0.241 e. The number of hydrogen-bond donors (Lipinski definition) is 2. The maximum absolute atomic E-state index is 13.0. The van der Waals surface area contributed by atoms with Crippen molar-refractivity contribution < 1.29 is 9.18 Å². The van der Waals surface area contributed by atoms with Crippen molar-refractivity contribution in [2.24, 2.45) is 5.73 Å². The molecule has 0 aliphatic carbocycles. The SMILES string of the molecule is CC[C@H](N)C(=O)Nc1cc(C)cc(F)c1.Cl. The first-order valence-electron chi connectivity index (χ1n) is 4.86. The monoisotopic (exact) mass is 246 g/mol. The Morgan fingerprint density at radius 3 is 2.62 bits per heavy atom. The van der Waals surface area contributed by atoms with E-state index in [1.165, 1.54) is 12.1 Å². The Hall–Kier alpha value is -1.13. The molecule has 0 fully saturated rings. The van der Waals surface area contributed by atoms with Crippen LogP contribution in [-0.2, 0) is 4.79 Å². The lowest BCUT2D eigenvalue weighted by molar-refractivity contribution is -0.117. The first-order chi connectivity index (χ1) is 7.02. The summed E-state index contributed by atoms with van der Waals surface area (Å²) in [6, 6.07) is 3.82. The first-order valence-corrected chi connectivity index (χ1v) is 4.86. The van der Waals surface area contributed by atoms with Gasteiger partial charge in [0.15, 0.2) is 0 Å². The summed E-state index contributed by atoms with van der Waals surface area (Å²) in [5, 5.41) is 2.57. The van der Waals surface area contributed by atoms with E-state index in [2.05, 4.69) is 5.32 Å². The van der Waals surface area contributed by atoms with Gasteiger partial charge in [-0.1, -0.05) is 6.92 Å². The predicted octanol–water partition coefficient (Wildman–Crippen LogP) is 2.23. The molecular weight excluding hydrogens is 231 g/mol. The third kappa shape index (κ3) is 4.16. The molecule has 0 saturated heterocycles. The van der Waals surface area contributed by atoms with Gasteiger partial charge >= 0.3 is 0 Å². The lowest BCUT2D eigenvalue weighted by Gasteiger charge is -2.10. The van der Waals surface area contributed by atoms with Crippen molar-refractivity contribution >= 4 is 24.0 Å². The van der Waals surface area contributed by atoms with Gasteiger partial charge in [0.1, 0.15) is 5.82 Å². The normalized spacial score (nSPS) is 11.5. The Morgan fingerprint density at radius 2 is 2.12 bits per heavy atom. The van der Waals surface area contributed by atoms with Crippen molar-refractivity contribution in [3.05, 3.63) is 29.6 Å². The van der Waals surface area contributed by atoms with E-state index in [0.29, 0.717) is 12.1 Å². The summed E-state index contributed by atoms with van der Waals surface area (Å²) in [5.74, 6) is -0.655. The molecule has 0 bridgehead atoms. The molecule has 1 aromatic carbocycles. The van der Waals surface area contributed by atoms with Gasteiger partial charge in [-0.3, -0.25) is 4.79 Å². The highest BCUT2D eigenvalue weighted by Crippen LogP contribution is 2.13. The zero-order valence-corrected chi connectivity index (χ0v) is 10.1. The number of carbonyl (C=O) groups excluding carboxylic acids is 1. The minimum Gasteiger partial charge on any atom is -0.325 e. The van der Waals surface area contributed by atoms with E-state index in [-0.39, 0.29) is 24.1 Å². The molecule has 90 valence electrons. The summed E-state index contributed by atoms with van der Waals surface area (Å²) in [5.41, 5.74) is 6.74. The van der Waals surface area contributed by atoms with E-state index in [0.717, 1.165) is 5.56 Å². The highest BCUT2D eigenvalue weighted by molar-refractivity contribution is 5.94. The Labute approximate surface area is 101 Å². The maximum atomic E-state index is 13.0. The van der Waals surface area contributed by atoms with Gasteiger partial charge in [-0.2, -0.15) is 0 Å². The van der Waals surface area contributed by atoms with Gasteiger partial charge in [0.25, 0.3) is 0 Å². The van der Waals surface area contributed by atoms with Crippen molar-refractivity contribution in [3.8, 4) is 0 Å². The molecule has 1 amide bonds. The number of aryl methyl sites for hydroxylation is 1. The summed E-state index contributed by atoms with van der Waals surface area (Å²) < 4.78 is 13.0. The van der Waals surface area contributed by atoms with Crippen LogP contribution >= 0.6 is 12.4 Å². The largest absolute Gasteiger partial charge is 0.325 e. The quantitative estimate of drug-likeness (QED) is 0.859. The van der Waals surface area contributed by atoms with Crippen LogP contribution in [0.5, 0.6) is 0 Å². The third-order valence-corrected chi connectivity index (χ3v) is 2.09. The van der Waals surface area contributed by atoms with Crippen LogP contribution in [0.1, 0.15) is 18.9 Å². The highest BCUT2D eigenvalue weighted by Gasteiger charge is 2.11. The summed E-state index contributed by atoms with van der Waals surface area (Å²) in [7, 11) is 0. The van der Waals surface area contributed by atoms with Crippen molar-refractivity contribution in [1.29, 1.82) is 0 Å². The minimum absolute atomic E-state index is 0. The van der Waals surface area contributed by atoms with E-state index >= 15 is 0 Å². The van der Waals surface area contributed by atoms with Crippen LogP contribution in [-0.4, -0.2) is 11.9 Å². The molecule has 0 spiro atoms. The average Bonchev–Trinajstić information content (AvgIpc) is 2.14. The molecule has 0 aromatic heterocycles. The number of hydrogen-bond acceptors (Lipinski definition) is 2. The number of benzene rings is 1. The van der Waals surface area contributed by atoms with Gasteiger partial charge in [-0.25, -0.2) is 4.39 Å². The fraction of sp³-hybridized carbons (Fsp3) is 0.364. The molecule has 3 nitrogen and oxygen atoms in total. The van der Waals surface area contributed by atoms with Crippen molar-refractivity contribution in [2.75, 3.05) is 5.32 Å². The van der Waals surface area contributed by atoms with Crippen molar-refractivity contribution in [2.45, 2.75) is 26.3 Å². The predicted molar refractivity (Wildman–Crippen MR) is 65.3 cm³/mol. The van der Waals surface area contributed by atoms with Gasteiger partial charge in [-0.15, -0.1) is 12.4 Å². The Kier molecular flexibility index (Phi) is 6.00. The van der Waals surface area contributed by atoms with E-state index < -0.39 is 6.04 Å². The molecule has 0 heterocycles. The summed E-state index contributed by atoms with van der Waals surface area (Å²) in [4.78, 5) is 11.4. The fourth-order valence-corrected chi connectivity index (χ4v) is 1.23. The average molecular weight is 247 g/mol. The molecule has 16 heavy (non-hydrogen) atoms. The molecular formula is C11H16ClFN2O. The number of carbonyl (C=O) groups is 1. The number of nitrogens with one attached hydrogen (secondary N) is 1. The summed E-state index contributed by atoms with van der Waals surface area (Å²) >= 11 is 0. The van der Waals surface area contributed by atoms with Gasteiger partial charge in [0, 0.05) is 5.69 Å². The van der Waals surface area contributed by atoms with E-state index in [4.69, 9.17) is 5.73 Å². The Morgan fingerprint density at radius 1 is 1.50 bits per heavy atom. The molecule has 5 heteroatoms. The van der Waals surface area contributed by atoms with E-state index in [1.54, 1.807) is 13.0 Å². The number of halogens is 2. The summed E-state index contributed by atoms with van der Waals surface area (Å²) in [6.07, 6.45) is 0.556. The van der Waals surface area contributed by atoms with Crippen LogP contribution in [0.15, 0.2) is 18.2 Å². The molecule has 1 rings (SSSR count). The highest BCUT2D eigenvalue weighted by atomic mass is 35.5. The van der Waals surface area contributed by atoms with Crippen LogP contribution < -0.4 is 11.1 Å². The van der Waals surface area contributed by atoms with Crippen molar-refractivity contribution in [1.82, 2.24) is 0 Å². The van der Waals surface area contributed by atoms with E-state index in [9.17, 15) is 9.18 Å². The Balaban J connectivity index is 0.00000225. The topological polar surface area (TPSA) is 55.1 Å². The molecule has 0 aliphatic heterocycles. The molecule has 3 N–H and O–H groups in total. The van der Waals surface area contributed by atoms with Crippen LogP contribution in [0.2, 0.25) is 0 Å². The van der Waals surface area contributed by atoms with Crippen LogP contribution in [0.4, 0.5) is 10.1 Å². The van der Waals surface area contributed by atoms with Gasteiger partial charge < -0.3 is 11.1 Å². The molecule has 1 aromatic rings. The first kappa shape index (κ1) is 14.9. The third-order valence-electron chi connectivity index (χ3n) is 2.09. The van der Waals surface area contributed by atoms with Gasteiger partial charge in [0.05, 0.1) is 6.04 Å². The standard InChI is InChI=1S/C11H15FN2O.ClH/c1-3-10(13)11(15)14-9-5-7(2)4-8(12)6-9;/h4-6,10H,3,13H2,1-2H3,(H,14,15);1H/t10-;/m0./s1.